The maximum absolute atomic E-state index is 13.1. The van der Waals surface area contributed by atoms with Gasteiger partial charge in [-0.25, -0.2) is 8.78 Å². The predicted octanol–water partition coefficient (Wildman–Crippen LogP) is 4.18. The molecule has 2 rings (SSSR count). The molecular formula is C17H16F2O2. The summed E-state index contributed by atoms with van der Waals surface area (Å²) in [5, 5.41) is 0. The van der Waals surface area contributed by atoms with E-state index >= 15 is 0 Å². The molecule has 1 atom stereocenters. The second-order valence-corrected chi connectivity index (χ2v) is 4.75. The van der Waals surface area contributed by atoms with E-state index in [9.17, 15) is 13.6 Å². The van der Waals surface area contributed by atoms with E-state index in [0.29, 0.717) is 5.75 Å². The highest BCUT2D eigenvalue weighted by Crippen LogP contribution is 2.17. The number of hydrogen-bond acceptors (Lipinski definition) is 2. The fraction of sp³-hybridized carbons (Fsp3) is 0.235. The molecule has 0 fully saturated rings. The van der Waals surface area contributed by atoms with Gasteiger partial charge in [0.2, 0.25) is 5.78 Å². The van der Waals surface area contributed by atoms with Crippen LogP contribution in [0.4, 0.5) is 8.78 Å². The number of hydrogen-bond donors (Lipinski definition) is 0. The molecule has 1 unspecified atom stereocenters. The smallest absolute Gasteiger partial charge is 0.203 e. The van der Waals surface area contributed by atoms with Crippen LogP contribution in [0.1, 0.15) is 29.8 Å². The molecule has 110 valence electrons. The highest BCUT2D eigenvalue weighted by molar-refractivity contribution is 5.99. The molecule has 0 amide bonds. The molecule has 0 aromatic heterocycles. The van der Waals surface area contributed by atoms with Crippen molar-refractivity contribution in [2.45, 2.75) is 26.4 Å². The molecule has 0 N–H and O–H groups in total. The van der Waals surface area contributed by atoms with Crippen LogP contribution in [0.15, 0.2) is 42.5 Å². The maximum atomic E-state index is 13.1. The van der Waals surface area contributed by atoms with Crippen LogP contribution >= 0.6 is 0 Å². The molecule has 2 nitrogen and oxygen atoms in total. The Bertz CT molecular complexity index is 636. The van der Waals surface area contributed by atoms with Crippen LogP contribution < -0.4 is 4.74 Å². The lowest BCUT2D eigenvalue weighted by molar-refractivity contribution is 0.0817. The lowest BCUT2D eigenvalue weighted by atomic mass is 10.1. The normalized spacial score (nSPS) is 12.0. The van der Waals surface area contributed by atoms with Gasteiger partial charge in [-0.15, -0.1) is 0 Å². The average Bonchev–Trinajstić information content (AvgIpc) is 2.50. The fourth-order valence-electron chi connectivity index (χ4n) is 1.95. The monoisotopic (exact) mass is 290 g/mol. The zero-order valence-electron chi connectivity index (χ0n) is 11.9. The van der Waals surface area contributed by atoms with E-state index in [-0.39, 0.29) is 5.56 Å². The minimum atomic E-state index is -1.04. The van der Waals surface area contributed by atoms with Crippen LogP contribution in [0.3, 0.4) is 0 Å². The number of ether oxygens (including phenoxy) is 1. The number of carbonyl (C=O) groups excluding carboxylic acids is 1. The standard InChI is InChI=1S/C17H16F2O2/c1-3-12-4-7-14(8-5-12)21-11(2)17(20)13-6-9-15(18)16(19)10-13/h4-11H,3H2,1-2H3. The summed E-state index contributed by atoms with van der Waals surface area (Å²) in [7, 11) is 0. The Morgan fingerprint density at radius 1 is 1.10 bits per heavy atom. The molecule has 0 aliphatic rings. The first kappa shape index (κ1) is 15.2. The van der Waals surface area contributed by atoms with Gasteiger partial charge in [0, 0.05) is 5.56 Å². The fourth-order valence-corrected chi connectivity index (χ4v) is 1.95. The molecule has 0 heterocycles. The van der Waals surface area contributed by atoms with Crippen molar-refractivity contribution in [2.24, 2.45) is 0 Å². The number of halogens is 2. The molecule has 0 spiro atoms. The zero-order chi connectivity index (χ0) is 15.4. The Kier molecular flexibility index (Phi) is 4.68. The molecule has 0 bridgehead atoms. The first-order chi connectivity index (χ1) is 10.0. The van der Waals surface area contributed by atoms with Crippen LogP contribution in [0.5, 0.6) is 5.75 Å². The van der Waals surface area contributed by atoms with E-state index in [4.69, 9.17) is 4.74 Å². The van der Waals surface area contributed by atoms with E-state index in [0.717, 1.165) is 18.6 Å². The Labute approximate surface area is 122 Å². The molecule has 0 aliphatic heterocycles. The molecule has 21 heavy (non-hydrogen) atoms. The maximum Gasteiger partial charge on any atom is 0.203 e. The second-order valence-electron chi connectivity index (χ2n) is 4.75. The Morgan fingerprint density at radius 3 is 2.33 bits per heavy atom. The number of ketones is 1. The van der Waals surface area contributed by atoms with Gasteiger partial charge in [0.1, 0.15) is 5.75 Å². The largest absolute Gasteiger partial charge is 0.483 e. The predicted molar refractivity (Wildman–Crippen MR) is 76.6 cm³/mol. The number of benzene rings is 2. The van der Waals surface area contributed by atoms with Gasteiger partial charge in [0.05, 0.1) is 0 Å². The van der Waals surface area contributed by atoms with Crippen molar-refractivity contribution in [3.8, 4) is 5.75 Å². The number of Topliss-reactive ketones (excluding diaryl/α,β-unsaturated/α-hetero) is 1. The number of carbonyl (C=O) groups is 1. The molecule has 0 saturated carbocycles. The van der Waals surface area contributed by atoms with E-state index in [1.54, 1.807) is 19.1 Å². The van der Waals surface area contributed by atoms with Gasteiger partial charge in [-0.3, -0.25) is 4.79 Å². The Morgan fingerprint density at radius 2 is 1.76 bits per heavy atom. The van der Waals surface area contributed by atoms with Crippen LogP contribution in [0, 0.1) is 11.6 Å². The summed E-state index contributed by atoms with van der Waals surface area (Å²) in [6.45, 7) is 3.63. The van der Waals surface area contributed by atoms with Gasteiger partial charge in [-0.1, -0.05) is 19.1 Å². The van der Waals surface area contributed by atoms with Crippen molar-refractivity contribution in [1.29, 1.82) is 0 Å². The van der Waals surface area contributed by atoms with Gasteiger partial charge in [-0.2, -0.15) is 0 Å². The SMILES string of the molecule is CCc1ccc(OC(C)C(=O)c2ccc(F)c(F)c2)cc1. The molecule has 0 radical (unpaired) electrons. The summed E-state index contributed by atoms with van der Waals surface area (Å²) in [5.74, 6) is -1.85. The highest BCUT2D eigenvalue weighted by Gasteiger charge is 2.18. The van der Waals surface area contributed by atoms with Crippen LogP contribution in [-0.2, 0) is 6.42 Å². The summed E-state index contributed by atoms with van der Waals surface area (Å²) in [4.78, 5) is 12.1. The number of aryl methyl sites for hydroxylation is 1. The molecule has 2 aromatic carbocycles. The first-order valence-electron chi connectivity index (χ1n) is 6.76. The summed E-state index contributed by atoms with van der Waals surface area (Å²) in [6, 6.07) is 10.5. The lowest BCUT2D eigenvalue weighted by Gasteiger charge is -2.14. The van der Waals surface area contributed by atoms with Gasteiger partial charge in [0.25, 0.3) is 0 Å². The number of rotatable bonds is 5. The summed E-state index contributed by atoms with van der Waals surface area (Å²) in [6.07, 6.45) is 0.145. The summed E-state index contributed by atoms with van der Waals surface area (Å²) < 4.78 is 31.5. The van der Waals surface area contributed by atoms with Crippen LogP contribution in [0.25, 0.3) is 0 Å². The third-order valence-electron chi connectivity index (χ3n) is 3.22. The highest BCUT2D eigenvalue weighted by atomic mass is 19.2. The van der Waals surface area contributed by atoms with Gasteiger partial charge >= 0.3 is 0 Å². The van der Waals surface area contributed by atoms with E-state index in [1.807, 2.05) is 19.1 Å². The summed E-state index contributed by atoms with van der Waals surface area (Å²) >= 11 is 0. The molecule has 4 heteroatoms. The Balaban J connectivity index is 2.09. The van der Waals surface area contributed by atoms with E-state index in [2.05, 4.69) is 0 Å². The molecule has 0 aliphatic carbocycles. The van der Waals surface area contributed by atoms with Crippen LogP contribution in [-0.4, -0.2) is 11.9 Å². The van der Waals surface area contributed by atoms with Gasteiger partial charge < -0.3 is 4.74 Å². The van der Waals surface area contributed by atoms with Gasteiger partial charge in [0.15, 0.2) is 17.7 Å². The molecule has 0 saturated heterocycles. The topological polar surface area (TPSA) is 26.3 Å². The van der Waals surface area contributed by atoms with Crippen LogP contribution in [0.2, 0.25) is 0 Å². The zero-order valence-corrected chi connectivity index (χ0v) is 11.9. The minimum absolute atomic E-state index is 0.0894. The first-order valence-corrected chi connectivity index (χ1v) is 6.76. The van der Waals surface area contributed by atoms with Crippen molar-refractivity contribution in [1.82, 2.24) is 0 Å². The van der Waals surface area contributed by atoms with Crippen molar-refractivity contribution in [2.75, 3.05) is 0 Å². The van der Waals surface area contributed by atoms with Crippen molar-refractivity contribution >= 4 is 5.78 Å². The van der Waals surface area contributed by atoms with Crippen molar-refractivity contribution < 1.29 is 18.3 Å². The quantitative estimate of drug-likeness (QED) is 0.772. The van der Waals surface area contributed by atoms with E-state index in [1.165, 1.54) is 11.6 Å². The second kappa shape index (κ2) is 6.48. The average molecular weight is 290 g/mol. The Hall–Kier alpha value is -2.23. The molecule has 2 aromatic rings. The molecular weight excluding hydrogens is 274 g/mol. The lowest BCUT2D eigenvalue weighted by Crippen LogP contribution is -2.24. The summed E-state index contributed by atoms with van der Waals surface area (Å²) in [5.41, 5.74) is 1.26. The van der Waals surface area contributed by atoms with Crippen molar-refractivity contribution in [3.05, 3.63) is 65.2 Å². The van der Waals surface area contributed by atoms with Crippen molar-refractivity contribution in [3.63, 3.8) is 0 Å². The minimum Gasteiger partial charge on any atom is -0.483 e. The third-order valence-corrected chi connectivity index (χ3v) is 3.22. The third kappa shape index (κ3) is 3.66. The van der Waals surface area contributed by atoms with Gasteiger partial charge in [-0.05, 0) is 49.2 Å². The van der Waals surface area contributed by atoms with E-state index < -0.39 is 23.5 Å².